The topological polar surface area (TPSA) is 44.8 Å². The normalized spacial score (nSPS) is 24.6. The Bertz CT molecular complexity index is 91.6. The van der Waals surface area contributed by atoms with Crippen molar-refractivity contribution < 1.29 is 19.0 Å². The molecule has 1 saturated heterocycles. The summed E-state index contributed by atoms with van der Waals surface area (Å²) in [4.78, 5) is 9.72. The summed E-state index contributed by atoms with van der Waals surface area (Å²) in [5.74, 6) is 0. The maximum atomic E-state index is 9.72. The van der Waals surface area contributed by atoms with Crippen LogP contribution in [0.4, 0.5) is 0 Å². The Labute approximate surface area is 81.1 Å². The zero-order valence-electron chi connectivity index (χ0n) is 4.91. The summed E-state index contributed by atoms with van der Waals surface area (Å²) in [6.45, 7) is 1.79. The van der Waals surface area contributed by atoms with Crippen LogP contribution in [0.1, 0.15) is 0 Å². The van der Waals surface area contributed by atoms with Gasteiger partial charge in [-0.05, 0) is 0 Å². The molecule has 1 fully saturated rings. The van der Waals surface area contributed by atoms with E-state index >= 15 is 0 Å². The summed E-state index contributed by atoms with van der Waals surface area (Å²) in [5.41, 5.74) is 0. The molecule has 4 nitrogen and oxygen atoms in total. The van der Waals surface area contributed by atoms with Crippen molar-refractivity contribution in [3.8, 4) is 0 Å². The van der Waals surface area contributed by atoms with Gasteiger partial charge in [-0.15, -0.1) is 0 Å². The van der Waals surface area contributed by atoms with E-state index in [9.17, 15) is 4.79 Å². The summed E-state index contributed by atoms with van der Waals surface area (Å²) in [5, 5.41) is 0. The van der Waals surface area contributed by atoms with E-state index in [4.69, 9.17) is 9.47 Å². The van der Waals surface area contributed by atoms with Gasteiger partial charge in [0.25, 0.3) is 6.47 Å². The molecule has 0 N–H and O–H groups in total. The van der Waals surface area contributed by atoms with Crippen molar-refractivity contribution in [2.45, 2.75) is 6.29 Å². The van der Waals surface area contributed by atoms with E-state index in [2.05, 4.69) is 4.74 Å². The third-order valence-electron chi connectivity index (χ3n) is 0.993. The molecule has 0 aromatic rings. The van der Waals surface area contributed by atoms with Gasteiger partial charge in [0.1, 0.15) is 6.61 Å². The molecule has 1 heterocycles. The molecule has 1 atom stereocenters. The summed E-state index contributed by atoms with van der Waals surface area (Å²) >= 11 is 0. The van der Waals surface area contributed by atoms with Crippen molar-refractivity contribution >= 4 is 36.0 Å². The molecule has 0 saturated carbocycles. The first-order chi connectivity index (χ1) is 4.43. The molecule has 0 bridgehead atoms. The quantitative estimate of drug-likeness (QED) is 0.375. The minimum atomic E-state index is -0.490. The monoisotopic (exact) mass is 156 g/mol. The van der Waals surface area contributed by atoms with Gasteiger partial charge in [0.05, 0.1) is 13.2 Å². The number of hydrogen-bond acceptors (Lipinski definition) is 4. The third kappa shape index (κ3) is 3.53. The van der Waals surface area contributed by atoms with E-state index in [1.165, 1.54) is 0 Å². The number of carbonyl (C=O) groups is 1. The molecule has 1 aliphatic heterocycles. The molecule has 5 heteroatoms. The first-order valence-corrected chi connectivity index (χ1v) is 2.72. The van der Waals surface area contributed by atoms with Gasteiger partial charge < -0.3 is 14.2 Å². The van der Waals surface area contributed by atoms with E-state index < -0.39 is 6.29 Å². The van der Waals surface area contributed by atoms with Gasteiger partial charge in [-0.3, -0.25) is 4.79 Å². The molecule has 0 aromatic heterocycles. The van der Waals surface area contributed by atoms with Crippen LogP contribution in [0.15, 0.2) is 0 Å². The maximum absolute atomic E-state index is 9.72. The number of rotatable bonds is 2. The molecule has 54 valence electrons. The van der Waals surface area contributed by atoms with E-state index in [-0.39, 0.29) is 29.6 Å². The summed E-state index contributed by atoms with van der Waals surface area (Å²) in [7, 11) is 0. The standard InChI is InChI=1S/C5H8O4.Na.H/c6-4-9-5-3-7-1-2-8-5;;/h4-5H,1-3H2;;. The van der Waals surface area contributed by atoms with Gasteiger partial charge >= 0.3 is 29.6 Å². The van der Waals surface area contributed by atoms with Crippen molar-refractivity contribution in [2.75, 3.05) is 19.8 Å². The van der Waals surface area contributed by atoms with Crippen molar-refractivity contribution in [2.24, 2.45) is 0 Å². The van der Waals surface area contributed by atoms with Crippen molar-refractivity contribution in [3.05, 3.63) is 0 Å². The zero-order chi connectivity index (χ0) is 6.53. The molecule has 1 rings (SSSR count). The zero-order valence-corrected chi connectivity index (χ0v) is 4.91. The molecule has 1 unspecified atom stereocenters. The SMILES string of the molecule is O=COC1COCCO1.[NaH]. The van der Waals surface area contributed by atoms with Crippen LogP contribution in [-0.2, 0) is 19.0 Å². The molecule has 10 heavy (non-hydrogen) atoms. The van der Waals surface area contributed by atoms with Crippen LogP contribution in [-0.4, -0.2) is 62.1 Å². The summed E-state index contributed by atoms with van der Waals surface area (Å²) in [6.07, 6.45) is -0.490. The average Bonchev–Trinajstić information content (AvgIpc) is 1.91. The van der Waals surface area contributed by atoms with Gasteiger partial charge in [0.15, 0.2) is 0 Å². The molecule has 0 spiro atoms. The second-order valence-corrected chi connectivity index (χ2v) is 1.61. The second kappa shape index (κ2) is 6.12. The van der Waals surface area contributed by atoms with Gasteiger partial charge in [-0.2, -0.15) is 0 Å². The Morgan fingerprint density at radius 1 is 1.50 bits per heavy atom. The fourth-order valence-corrected chi connectivity index (χ4v) is 0.607. The Morgan fingerprint density at radius 2 is 2.30 bits per heavy atom. The van der Waals surface area contributed by atoms with Gasteiger partial charge in [-0.25, -0.2) is 0 Å². The predicted octanol–water partition coefficient (Wildman–Crippen LogP) is -1.12. The Morgan fingerprint density at radius 3 is 2.80 bits per heavy atom. The van der Waals surface area contributed by atoms with Crippen molar-refractivity contribution in [1.29, 1.82) is 0 Å². The Hall–Kier alpha value is 0.390. The van der Waals surface area contributed by atoms with Crippen LogP contribution in [0.2, 0.25) is 0 Å². The Kier molecular flexibility index (Phi) is 6.36. The molecular formula is C5H9NaO4. The summed E-state index contributed by atoms with van der Waals surface area (Å²) < 4.78 is 14.3. The first kappa shape index (κ1) is 10.4. The predicted molar refractivity (Wildman–Crippen MR) is 34.9 cm³/mol. The first-order valence-electron chi connectivity index (χ1n) is 2.72. The molecule has 0 aromatic carbocycles. The second-order valence-electron chi connectivity index (χ2n) is 1.61. The van der Waals surface area contributed by atoms with Gasteiger partial charge in [-0.1, -0.05) is 0 Å². The van der Waals surface area contributed by atoms with Gasteiger partial charge in [0.2, 0.25) is 6.29 Å². The van der Waals surface area contributed by atoms with E-state index in [0.29, 0.717) is 26.3 Å². The van der Waals surface area contributed by atoms with Crippen molar-refractivity contribution in [3.63, 3.8) is 0 Å². The van der Waals surface area contributed by atoms with E-state index in [1.54, 1.807) is 0 Å². The molecule has 0 radical (unpaired) electrons. The van der Waals surface area contributed by atoms with Crippen LogP contribution in [0, 0.1) is 0 Å². The summed E-state index contributed by atoms with van der Waals surface area (Å²) in [6, 6.07) is 0. The molecule has 0 aliphatic carbocycles. The number of ether oxygens (including phenoxy) is 3. The molecule has 1 aliphatic rings. The molecule has 0 amide bonds. The van der Waals surface area contributed by atoms with Crippen molar-refractivity contribution in [1.82, 2.24) is 0 Å². The number of hydrogen-bond donors (Lipinski definition) is 0. The Balaban J connectivity index is 0.000000810. The van der Waals surface area contributed by atoms with Crippen LogP contribution in [0.3, 0.4) is 0 Å². The van der Waals surface area contributed by atoms with Crippen LogP contribution in [0.25, 0.3) is 0 Å². The van der Waals surface area contributed by atoms with E-state index in [0.717, 1.165) is 0 Å². The fourth-order valence-electron chi connectivity index (χ4n) is 0.607. The fraction of sp³-hybridized carbons (Fsp3) is 0.800. The van der Waals surface area contributed by atoms with Crippen LogP contribution in [0.5, 0.6) is 0 Å². The van der Waals surface area contributed by atoms with E-state index in [1.807, 2.05) is 0 Å². The molecular weight excluding hydrogens is 147 g/mol. The third-order valence-corrected chi connectivity index (χ3v) is 0.993. The average molecular weight is 156 g/mol. The van der Waals surface area contributed by atoms with Crippen LogP contribution < -0.4 is 0 Å². The van der Waals surface area contributed by atoms with Crippen LogP contribution >= 0.6 is 0 Å². The number of carbonyl (C=O) groups excluding carboxylic acids is 1. The van der Waals surface area contributed by atoms with Gasteiger partial charge in [0, 0.05) is 0 Å². The minimum absolute atomic E-state index is 0.